The first-order valence-corrected chi connectivity index (χ1v) is 5.13. The van der Waals surface area contributed by atoms with Crippen molar-refractivity contribution in [3.63, 3.8) is 0 Å². The van der Waals surface area contributed by atoms with Crippen LogP contribution in [0.1, 0.15) is 20.0 Å². The molecule has 76 valence electrons. The van der Waals surface area contributed by atoms with Gasteiger partial charge in [0.05, 0.1) is 17.6 Å². The second kappa shape index (κ2) is 3.82. The zero-order valence-corrected chi connectivity index (χ0v) is 8.84. The van der Waals surface area contributed by atoms with E-state index in [2.05, 4.69) is 4.74 Å². The quantitative estimate of drug-likeness (QED) is 0.577. The molecule has 2 rings (SSSR count). The summed E-state index contributed by atoms with van der Waals surface area (Å²) in [5.74, 6) is -0.363. The van der Waals surface area contributed by atoms with Gasteiger partial charge in [-0.3, -0.25) is 4.79 Å². The van der Waals surface area contributed by atoms with Crippen molar-refractivity contribution in [3.8, 4) is 0 Å². The van der Waals surface area contributed by atoms with Gasteiger partial charge in [0.1, 0.15) is 0 Å². The van der Waals surface area contributed by atoms with Crippen LogP contribution in [-0.4, -0.2) is 19.4 Å². The minimum Gasteiger partial charge on any atom is -0.465 e. The van der Waals surface area contributed by atoms with Gasteiger partial charge in [0.2, 0.25) is 0 Å². The molecule has 0 saturated heterocycles. The molecule has 0 N–H and O–H groups in total. The van der Waals surface area contributed by atoms with Gasteiger partial charge in [-0.05, 0) is 23.6 Å². The van der Waals surface area contributed by atoms with Crippen LogP contribution in [0.2, 0.25) is 0 Å². The number of benzene rings is 1. The van der Waals surface area contributed by atoms with E-state index in [0.717, 1.165) is 16.4 Å². The Bertz CT molecular complexity index is 528. The molecule has 0 fully saturated rings. The molecule has 0 amide bonds. The van der Waals surface area contributed by atoms with Crippen molar-refractivity contribution < 1.29 is 14.3 Å². The van der Waals surface area contributed by atoms with E-state index < -0.39 is 0 Å². The number of methoxy groups -OCH3 is 1. The van der Waals surface area contributed by atoms with Gasteiger partial charge >= 0.3 is 5.97 Å². The number of carbonyl (C=O) groups excluding carboxylic acids is 2. The zero-order chi connectivity index (χ0) is 10.8. The van der Waals surface area contributed by atoms with Crippen molar-refractivity contribution in [1.82, 2.24) is 0 Å². The highest BCUT2D eigenvalue weighted by Crippen LogP contribution is 2.25. The number of ether oxygens (including phenoxy) is 1. The summed E-state index contributed by atoms with van der Waals surface area (Å²) in [7, 11) is 1.35. The van der Waals surface area contributed by atoms with Crippen LogP contribution in [0, 0.1) is 0 Å². The van der Waals surface area contributed by atoms with Crippen LogP contribution >= 0.6 is 11.3 Å². The molecule has 0 aliphatic heterocycles. The lowest BCUT2D eigenvalue weighted by molar-refractivity contribution is 0.0601. The lowest BCUT2D eigenvalue weighted by Crippen LogP contribution is -1.99. The Morgan fingerprint density at radius 2 is 2.20 bits per heavy atom. The number of carbonyl (C=O) groups is 2. The number of hydrogen-bond donors (Lipinski definition) is 0. The van der Waals surface area contributed by atoms with Gasteiger partial charge in [-0.2, -0.15) is 0 Å². The standard InChI is InChI=1S/C11H8O3S/c1-14-11(13)8-3-2-7-4-9(6-12)15-10(7)5-8/h2-6H,1H3. The summed E-state index contributed by atoms with van der Waals surface area (Å²) in [5.41, 5.74) is 0.504. The number of esters is 1. The van der Waals surface area contributed by atoms with Crippen LogP contribution in [0.25, 0.3) is 10.1 Å². The third-order valence-electron chi connectivity index (χ3n) is 2.08. The first-order chi connectivity index (χ1) is 7.24. The third kappa shape index (κ3) is 1.76. The fraction of sp³-hybridized carbons (Fsp3) is 0.0909. The number of rotatable bonds is 2. The lowest BCUT2D eigenvalue weighted by Gasteiger charge is -1.97. The highest BCUT2D eigenvalue weighted by atomic mass is 32.1. The summed E-state index contributed by atoms with van der Waals surface area (Å²) in [6.45, 7) is 0. The van der Waals surface area contributed by atoms with Crippen LogP contribution in [0.15, 0.2) is 24.3 Å². The SMILES string of the molecule is COC(=O)c1ccc2cc(C=O)sc2c1. The van der Waals surface area contributed by atoms with Gasteiger partial charge in [-0.25, -0.2) is 4.79 Å². The summed E-state index contributed by atoms with van der Waals surface area (Å²) in [6, 6.07) is 7.04. The van der Waals surface area contributed by atoms with E-state index in [1.807, 2.05) is 6.07 Å². The summed E-state index contributed by atoms with van der Waals surface area (Å²) in [6.07, 6.45) is 0.808. The van der Waals surface area contributed by atoms with Gasteiger partial charge in [-0.15, -0.1) is 11.3 Å². The van der Waals surface area contributed by atoms with Crippen molar-refractivity contribution in [2.75, 3.05) is 7.11 Å². The Kier molecular flexibility index (Phi) is 2.51. The van der Waals surface area contributed by atoms with Crippen LogP contribution in [0.4, 0.5) is 0 Å². The van der Waals surface area contributed by atoms with Crippen molar-refractivity contribution in [2.24, 2.45) is 0 Å². The minimum absolute atomic E-state index is 0.363. The monoisotopic (exact) mass is 220 g/mol. The first kappa shape index (κ1) is 9.86. The average molecular weight is 220 g/mol. The Morgan fingerprint density at radius 3 is 2.87 bits per heavy atom. The predicted molar refractivity (Wildman–Crippen MR) is 58.6 cm³/mol. The second-order valence-corrected chi connectivity index (χ2v) is 4.13. The second-order valence-electron chi connectivity index (χ2n) is 3.01. The molecule has 15 heavy (non-hydrogen) atoms. The van der Waals surface area contributed by atoms with E-state index in [-0.39, 0.29) is 5.97 Å². The summed E-state index contributed by atoms with van der Waals surface area (Å²) < 4.78 is 5.53. The van der Waals surface area contributed by atoms with E-state index in [1.54, 1.807) is 18.2 Å². The Hall–Kier alpha value is -1.68. The molecule has 0 saturated carbocycles. The van der Waals surface area contributed by atoms with Gasteiger partial charge < -0.3 is 4.74 Å². The molecular weight excluding hydrogens is 212 g/mol. The largest absolute Gasteiger partial charge is 0.465 e. The van der Waals surface area contributed by atoms with Crippen LogP contribution in [-0.2, 0) is 4.74 Å². The zero-order valence-electron chi connectivity index (χ0n) is 8.02. The normalized spacial score (nSPS) is 10.2. The lowest BCUT2D eigenvalue weighted by atomic mass is 10.2. The molecular formula is C11H8O3S. The molecule has 0 radical (unpaired) electrons. The summed E-state index contributed by atoms with van der Waals surface area (Å²) >= 11 is 1.36. The average Bonchev–Trinajstić information content (AvgIpc) is 2.69. The third-order valence-corrected chi connectivity index (χ3v) is 3.10. The number of aldehydes is 1. The summed E-state index contributed by atoms with van der Waals surface area (Å²) in [5, 5.41) is 0.967. The number of hydrogen-bond acceptors (Lipinski definition) is 4. The van der Waals surface area contributed by atoms with Crippen molar-refractivity contribution >= 4 is 33.7 Å². The molecule has 4 heteroatoms. The fourth-order valence-corrected chi connectivity index (χ4v) is 2.27. The molecule has 0 bridgehead atoms. The van der Waals surface area contributed by atoms with Gasteiger partial charge in [0.15, 0.2) is 6.29 Å². The van der Waals surface area contributed by atoms with Gasteiger partial charge in [-0.1, -0.05) is 6.07 Å². The smallest absolute Gasteiger partial charge is 0.337 e. The molecule has 2 aromatic rings. The molecule has 0 aliphatic rings. The van der Waals surface area contributed by atoms with E-state index in [0.29, 0.717) is 10.4 Å². The highest BCUT2D eigenvalue weighted by Gasteiger charge is 2.07. The van der Waals surface area contributed by atoms with E-state index in [1.165, 1.54) is 18.4 Å². The molecule has 1 aromatic heterocycles. The van der Waals surface area contributed by atoms with E-state index in [9.17, 15) is 9.59 Å². The highest BCUT2D eigenvalue weighted by molar-refractivity contribution is 7.20. The first-order valence-electron chi connectivity index (χ1n) is 4.31. The molecule has 3 nitrogen and oxygen atoms in total. The van der Waals surface area contributed by atoms with Crippen LogP contribution in [0.5, 0.6) is 0 Å². The number of thiophene rings is 1. The van der Waals surface area contributed by atoms with Gasteiger partial charge in [0, 0.05) is 4.70 Å². The molecule has 1 aromatic carbocycles. The Morgan fingerprint density at radius 1 is 1.40 bits per heavy atom. The Balaban J connectivity index is 2.55. The fourth-order valence-electron chi connectivity index (χ4n) is 1.35. The Labute approximate surface area is 90.3 Å². The van der Waals surface area contributed by atoms with Crippen LogP contribution < -0.4 is 0 Å². The van der Waals surface area contributed by atoms with Crippen molar-refractivity contribution in [2.45, 2.75) is 0 Å². The maximum absolute atomic E-state index is 11.2. The minimum atomic E-state index is -0.363. The maximum atomic E-state index is 11.2. The van der Waals surface area contributed by atoms with E-state index in [4.69, 9.17) is 0 Å². The van der Waals surface area contributed by atoms with Crippen LogP contribution in [0.3, 0.4) is 0 Å². The molecule has 0 spiro atoms. The molecule has 0 unspecified atom stereocenters. The van der Waals surface area contributed by atoms with Crippen molar-refractivity contribution in [1.29, 1.82) is 0 Å². The predicted octanol–water partition coefficient (Wildman–Crippen LogP) is 2.50. The number of fused-ring (bicyclic) bond motifs is 1. The van der Waals surface area contributed by atoms with E-state index >= 15 is 0 Å². The van der Waals surface area contributed by atoms with Gasteiger partial charge in [0.25, 0.3) is 0 Å². The molecule has 1 heterocycles. The molecule has 0 aliphatic carbocycles. The summed E-state index contributed by atoms with van der Waals surface area (Å²) in [4.78, 5) is 22.5. The topological polar surface area (TPSA) is 43.4 Å². The van der Waals surface area contributed by atoms with Crippen molar-refractivity contribution in [3.05, 3.63) is 34.7 Å². The molecule has 0 atom stereocenters. The maximum Gasteiger partial charge on any atom is 0.337 e.